The van der Waals surface area contributed by atoms with Crippen molar-refractivity contribution in [1.82, 2.24) is 0 Å². The van der Waals surface area contributed by atoms with Crippen LogP contribution in [0, 0.1) is 17.8 Å². The quantitative estimate of drug-likeness (QED) is 0.830. The van der Waals surface area contributed by atoms with Crippen LogP contribution in [0.25, 0.3) is 0 Å². The molecule has 0 aromatic heterocycles. The number of hydrogen-bond acceptors (Lipinski definition) is 6. The summed E-state index contributed by atoms with van der Waals surface area (Å²) in [7, 11) is 0. The maximum atomic E-state index is 12.3. The Morgan fingerprint density at radius 1 is 1.12 bits per heavy atom. The summed E-state index contributed by atoms with van der Waals surface area (Å²) in [6.07, 6.45) is 3.89. The van der Waals surface area contributed by atoms with Crippen LogP contribution in [0.5, 0.6) is 11.5 Å². The highest BCUT2D eigenvalue weighted by atomic mass is 16.7. The predicted octanol–water partition coefficient (Wildman–Crippen LogP) is 2.29. The fourth-order valence-corrected chi connectivity index (χ4v) is 4.10. The van der Waals surface area contributed by atoms with Gasteiger partial charge in [0.1, 0.15) is 5.78 Å². The van der Waals surface area contributed by atoms with Crippen LogP contribution in [-0.4, -0.2) is 31.1 Å². The molecule has 2 fully saturated rings. The van der Waals surface area contributed by atoms with E-state index in [4.69, 9.17) is 14.2 Å². The molecule has 1 aromatic rings. The lowest BCUT2D eigenvalue weighted by atomic mass is 9.67. The van der Waals surface area contributed by atoms with Crippen LogP contribution in [-0.2, 0) is 19.1 Å². The zero-order valence-electron chi connectivity index (χ0n) is 14.4. The third-order valence-electron chi connectivity index (χ3n) is 5.38. The van der Waals surface area contributed by atoms with Crippen LogP contribution in [0.3, 0.4) is 0 Å². The fourth-order valence-electron chi connectivity index (χ4n) is 4.10. The molecular weight excluding hydrogens is 338 g/mol. The minimum Gasteiger partial charge on any atom is -0.455 e. The van der Waals surface area contributed by atoms with Gasteiger partial charge in [0.05, 0.1) is 5.92 Å². The minimum absolute atomic E-state index is 0.0116. The Hall–Kier alpha value is -2.57. The predicted molar refractivity (Wildman–Crippen MR) is 90.7 cm³/mol. The molecule has 1 unspecified atom stereocenters. The molecule has 1 amide bonds. The molecule has 0 radical (unpaired) electrons. The van der Waals surface area contributed by atoms with E-state index in [2.05, 4.69) is 5.32 Å². The smallest absolute Gasteiger partial charge is 0.309 e. The van der Waals surface area contributed by atoms with Crippen LogP contribution in [0.2, 0.25) is 0 Å². The molecule has 1 N–H and O–H groups in total. The number of fused-ring (bicyclic) bond motifs is 3. The molecule has 0 spiro atoms. The van der Waals surface area contributed by atoms with Crippen molar-refractivity contribution in [2.75, 3.05) is 18.7 Å². The van der Waals surface area contributed by atoms with Crippen LogP contribution in [0.1, 0.15) is 32.1 Å². The maximum Gasteiger partial charge on any atom is 0.309 e. The van der Waals surface area contributed by atoms with Crippen LogP contribution in [0.15, 0.2) is 18.2 Å². The summed E-state index contributed by atoms with van der Waals surface area (Å²) in [6.45, 7) is -0.177. The third kappa shape index (κ3) is 3.38. The average molecular weight is 359 g/mol. The van der Waals surface area contributed by atoms with E-state index in [0.29, 0.717) is 35.8 Å². The van der Waals surface area contributed by atoms with Gasteiger partial charge >= 0.3 is 5.97 Å². The highest BCUT2D eigenvalue weighted by molar-refractivity contribution is 5.93. The van der Waals surface area contributed by atoms with Gasteiger partial charge in [0.25, 0.3) is 5.91 Å². The lowest BCUT2D eigenvalue weighted by Gasteiger charge is -2.36. The van der Waals surface area contributed by atoms with Crippen molar-refractivity contribution >= 4 is 23.3 Å². The van der Waals surface area contributed by atoms with Gasteiger partial charge in [0, 0.05) is 23.6 Å². The first-order chi connectivity index (χ1) is 12.6. The molecule has 7 nitrogen and oxygen atoms in total. The van der Waals surface area contributed by atoms with Gasteiger partial charge in [-0.05, 0) is 37.8 Å². The highest BCUT2D eigenvalue weighted by Crippen LogP contribution is 2.40. The van der Waals surface area contributed by atoms with Gasteiger partial charge in [0.15, 0.2) is 18.1 Å². The van der Waals surface area contributed by atoms with E-state index in [9.17, 15) is 14.4 Å². The largest absolute Gasteiger partial charge is 0.455 e. The molecule has 2 saturated carbocycles. The van der Waals surface area contributed by atoms with E-state index in [0.717, 1.165) is 19.3 Å². The number of amides is 1. The normalized spacial score (nSPS) is 26.3. The van der Waals surface area contributed by atoms with Gasteiger partial charge < -0.3 is 19.5 Å². The highest BCUT2D eigenvalue weighted by Gasteiger charge is 2.41. The number of carbonyl (C=O) groups excluding carboxylic acids is 3. The fraction of sp³-hybridized carbons (Fsp3) is 0.526. The van der Waals surface area contributed by atoms with Crippen LogP contribution in [0.4, 0.5) is 5.69 Å². The van der Waals surface area contributed by atoms with Crippen LogP contribution < -0.4 is 14.8 Å². The van der Waals surface area contributed by atoms with Gasteiger partial charge in [-0.1, -0.05) is 6.42 Å². The number of esters is 1. The molecule has 0 saturated heterocycles. The van der Waals surface area contributed by atoms with Crippen molar-refractivity contribution < 1.29 is 28.6 Å². The molecule has 1 heterocycles. The molecule has 1 aliphatic heterocycles. The van der Waals surface area contributed by atoms with Gasteiger partial charge in [-0.25, -0.2) is 0 Å². The topological polar surface area (TPSA) is 90.9 Å². The molecule has 2 bridgehead atoms. The van der Waals surface area contributed by atoms with Crippen molar-refractivity contribution in [3.8, 4) is 11.5 Å². The van der Waals surface area contributed by atoms with Crippen molar-refractivity contribution in [3.63, 3.8) is 0 Å². The zero-order valence-corrected chi connectivity index (χ0v) is 14.4. The molecule has 3 aliphatic rings. The molecule has 26 heavy (non-hydrogen) atoms. The second-order valence-corrected chi connectivity index (χ2v) is 7.12. The SMILES string of the molecule is O=C(COC(=O)C1C[C@H]2CCC[C@@H](C1)C2=O)Nc1ccc2c(c1)OCO2. The second-order valence-electron chi connectivity index (χ2n) is 7.12. The Labute approximate surface area is 151 Å². The summed E-state index contributed by atoms with van der Waals surface area (Å²) in [5.74, 6) is 0.414. The monoisotopic (exact) mass is 359 g/mol. The summed E-state index contributed by atoms with van der Waals surface area (Å²) in [6, 6.07) is 5.07. The molecule has 1 aromatic carbocycles. The molecule has 4 rings (SSSR count). The molecular formula is C19H21NO6. The number of hydrogen-bond donors (Lipinski definition) is 1. The Kier molecular flexibility index (Phi) is 4.53. The zero-order chi connectivity index (χ0) is 18.1. The summed E-state index contributed by atoms with van der Waals surface area (Å²) < 4.78 is 15.7. The van der Waals surface area contributed by atoms with E-state index in [1.807, 2.05) is 0 Å². The third-order valence-corrected chi connectivity index (χ3v) is 5.38. The van der Waals surface area contributed by atoms with Gasteiger partial charge in [-0.3, -0.25) is 14.4 Å². The van der Waals surface area contributed by atoms with Crippen molar-refractivity contribution in [2.24, 2.45) is 17.8 Å². The second kappa shape index (κ2) is 6.97. The van der Waals surface area contributed by atoms with E-state index in [-0.39, 0.29) is 37.1 Å². The van der Waals surface area contributed by atoms with Gasteiger partial charge in [-0.2, -0.15) is 0 Å². The number of nitrogens with one attached hydrogen (secondary N) is 1. The molecule has 2 aliphatic carbocycles. The van der Waals surface area contributed by atoms with E-state index in [1.165, 1.54) is 0 Å². The molecule has 138 valence electrons. The number of anilines is 1. The number of benzene rings is 1. The molecule has 7 heteroatoms. The summed E-state index contributed by atoms with van der Waals surface area (Å²) in [5, 5.41) is 2.67. The first kappa shape index (κ1) is 16.9. The van der Waals surface area contributed by atoms with E-state index >= 15 is 0 Å². The van der Waals surface area contributed by atoms with Gasteiger partial charge in [-0.15, -0.1) is 0 Å². The summed E-state index contributed by atoms with van der Waals surface area (Å²) in [4.78, 5) is 36.4. The maximum absolute atomic E-state index is 12.3. The number of rotatable bonds is 4. The first-order valence-electron chi connectivity index (χ1n) is 9.00. The summed E-state index contributed by atoms with van der Waals surface area (Å²) in [5.41, 5.74) is 0.549. The first-order valence-corrected chi connectivity index (χ1v) is 9.00. The minimum atomic E-state index is -0.413. The Bertz CT molecular complexity index is 730. The number of ketones is 1. The number of Topliss-reactive ketones (excluding diaryl/α,β-unsaturated/α-hetero) is 1. The van der Waals surface area contributed by atoms with Crippen molar-refractivity contribution in [2.45, 2.75) is 32.1 Å². The van der Waals surface area contributed by atoms with Gasteiger partial charge in [0.2, 0.25) is 6.79 Å². The Balaban J connectivity index is 1.28. The Morgan fingerprint density at radius 2 is 1.85 bits per heavy atom. The van der Waals surface area contributed by atoms with E-state index < -0.39 is 5.91 Å². The number of ether oxygens (including phenoxy) is 3. The van der Waals surface area contributed by atoms with Crippen LogP contribution >= 0.6 is 0 Å². The lowest BCUT2D eigenvalue weighted by Crippen LogP contribution is -2.40. The van der Waals surface area contributed by atoms with E-state index in [1.54, 1.807) is 18.2 Å². The standard InChI is InChI=1S/C19H21NO6/c21-17(20-14-4-5-15-16(8-14)26-10-25-15)9-24-19(23)13-6-11-2-1-3-12(7-13)18(11)22/h4-5,8,11-13H,1-3,6-7,9-10H2,(H,20,21)/t11-,12+,13?. The summed E-state index contributed by atoms with van der Waals surface area (Å²) >= 11 is 0. The Morgan fingerprint density at radius 3 is 2.62 bits per heavy atom. The van der Waals surface area contributed by atoms with Crippen molar-refractivity contribution in [3.05, 3.63) is 18.2 Å². The van der Waals surface area contributed by atoms with Crippen molar-refractivity contribution in [1.29, 1.82) is 0 Å². The lowest BCUT2D eigenvalue weighted by molar-refractivity contribution is -0.155. The average Bonchev–Trinajstić information content (AvgIpc) is 3.07. The number of carbonyl (C=O) groups is 3. The molecule has 3 atom stereocenters.